The molecule has 0 fully saturated rings. The van der Waals surface area contributed by atoms with E-state index in [0.29, 0.717) is 16.7 Å². The van der Waals surface area contributed by atoms with E-state index in [1.54, 1.807) is 12.1 Å². The van der Waals surface area contributed by atoms with Gasteiger partial charge in [-0.1, -0.05) is 50.2 Å². The fourth-order valence-corrected chi connectivity index (χ4v) is 2.59. The van der Waals surface area contributed by atoms with Crippen molar-refractivity contribution in [3.63, 3.8) is 0 Å². The predicted molar refractivity (Wildman–Crippen MR) is 94.4 cm³/mol. The van der Waals surface area contributed by atoms with Crippen LogP contribution in [-0.4, -0.2) is 5.11 Å². The summed E-state index contributed by atoms with van der Waals surface area (Å²) in [6, 6.07) is 16.6. The van der Waals surface area contributed by atoms with Gasteiger partial charge in [0.15, 0.2) is 5.11 Å². The van der Waals surface area contributed by atoms with E-state index in [1.807, 2.05) is 18.2 Å². The summed E-state index contributed by atoms with van der Waals surface area (Å²) in [6.45, 7) is 4.36. The van der Waals surface area contributed by atoms with Crippen LogP contribution in [0.4, 0.5) is 10.1 Å². The van der Waals surface area contributed by atoms with Crippen LogP contribution in [0.5, 0.6) is 0 Å². The Hall–Kier alpha value is -1.94. The standard InChI is InChI=1S/C18H21FN2S/c1-13(2)11-17(14-7-4-3-5-8-14)21-18(22)20-16-10-6-9-15(19)12-16/h3-10,12-13,17H,11H2,1-2H3,(H2,20,21,22). The molecule has 2 rings (SSSR count). The average Bonchev–Trinajstić information content (AvgIpc) is 2.47. The van der Waals surface area contributed by atoms with Gasteiger partial charge >= 0.3 is 0 Å². The van der Waals surface area contributed by atoms with Gasteiger partial charge in [-0.2, -0.15) is 0 Å². The van der Waals surface area contributed by atoms with E-state index in [4.69, 9.17) is 12.2 Å². The second-order valence-corrected chi connectivity index (χ2v) is 6.11. The normalized spacial score (nSPS) is 12.0. The number of thiocarbonyl (C=S) groups is 1. The van der Waals surface area contributed by atoms with Gasteiger partial charge in [-0.25, -0.2) is 4.39 Å². The lowest BCUT2D eigenvalue weighted by Crippen LogP contribution is -2.33. The van der Waals surface area contributed by atoms with Crippen molar-refractivity contribution in [3.05, 3.63) is 66.0 Å². The number of anilines is 1. The van der Waals surface area contributed by atoms with Crippen molar-refractivity contribution in [1.82, 2.24) is 5.32 Å². The van der Waals surface area contributed by atoms with Crippen LogP contribution in [0.2, 0.25) is 0 Å². The largest absolute Gasteiger partial charge is 0.356 e. The molecule has 0 aliphatic carbocycles. The molecule has 0 saturated heterocycles. The van der Waals surface area contributed by atoms with Gasteiger partial charge in [0.05, 0.1) is 6.04 Å². The number of hydrogen-bond donors (Lipinski definition) is 2. The van der Waals surface area contributed by atoms with Gasteiger partial charge in [0.1, 0.15) is 5.82 Å². The number of halogens is 1. The third kappa shape index (κ3) is 5.11. The zero-order valence-electron chi connectivity index (χ0n) is 12.8. The molecule has 0 aromatic heterocycles. The molecule has 0 amide bonds. The molecule has 0 aliphatic heterocycles. The zero-order valence-corrected chi connectivity index (χ0v) is 13.7. The Labute approximate surface area is 136 Å². The quantitative estimate of drug-likeness (QED) is 0.767. The van der Waals surface area contributed by atoms with Crippen molar-refractivity contribution in [2.24, 2.45) is 5.92 Å². The summed E-state index contributed by atoms with van der Waals surface area (Å²) in [4.78, 5) is 0. The fraction of sp³-hybridized carbons (Fsp3) is 0.278. The van der Waals surface area contributed by atoms with Gasteiger partial charge in [-0.05, 0) is 48.3 Å². The van der Waals surface area contributed by atoms with Crippen LogP contribution >= 0.6 is 12.2 Å². The number of benzene rings is 2. The van der Waals surface area contributed by atoms with Crippen molar-refractivity contribution >= 4 is 23.0 Å². The minimum absolute atomic E-state index is 0.134. The van der Waals surface area contributed by atoms with Crippen molar-refractivity contribution in [1.29, 1.82) is 0 Å². The molecule has 0 spiro atoms. The lowest BCUT2D eigenvalue weighted by Gasteiger charge is -2.23. The maximum absolute atomic E-state index is 13.2. The molecule has 0 bridgehead atoms. The molecular weight excluding hydrogens is 295 g/mol. The van der Waals surface area contributed by atoms with Crippen LogP contribution in [-0.2, 0) is 0 Å². The summed E-state index contributed by atoms with van der Waals surface area (Å²) in [5.74, 6) is 0.254. The summed E-state index contributed by atoms with van der Waals surface area (Å²) in [6.07, 6.45) is 0.967. The van der Waals surface area contributed by atoms with Gasteiger partial charge in [0.25, 0.3) is 0 Å². The van der Waals surface area contributed by atoms with Gasteiger partial charge in [-0.3, -0.25) is 0 Å². The Morgan fingerprint density at radius 3 is 2.45 bits per heavy atom. The molecule has 4 heteroatoms. The summed E-state index contributed by atoms with van der Waals surface area (Å²) >= 11 is 5.36. The Bertz CT molecular complexity index is 613. The molecule has 1 unspecified atom stereocenters. The summed E-state index contributed by atoms with van der Waals surface area (Å²) < 4.78 is 13.2. The fourth-order valence-electron chi connectivity index (χ4n) is 2.33. The van der Waals surface area contributed by atoms with Crippen LogP contribution in [0.1, 0.15) is 31.9 Å². The van der Waals surface area contributed by atoms with Gasteiger partial charge in [0, 0.05) is 5.69 Å². The Kier molecular flexibility index (Phi) is 5.90. The van der Waals surface area contributed by atoms with E-state index in [-0.39, 0.29) is 11.9 Å². The SMILES string of the molecule is CC(C)CC(NC(=S)Nc1cccc(F)c1)c1ccccc1. The minimum atomic E-state index is -0.283. The summed E-state index contributed by atoms with van der Waals surface area (Å²) in [5, 5.41) is 6.87. The number of nitrogens with one attached hydrogen (secondary N) is 2. The highest BCUT2D eigenvalue weighted by Gasteiger charge is 2.14. The maximum Gasteiger partial charge on any atom is 0.171 e. The van der Waals surface area contributed by atoms with Crippen LogP contribution < -0.4 is 10.6 Å². The van der Waals surface area contributed by atoms with Crippen LogP contribution in [0, 0.1) is 11.7 Å². The molecule has 22 heavy (non-hydrogen) atoms. The first-order valence-corrected chi connectivity index (χ1v) is 7.83. The minimum Gasteiger partial charge on any atom is -0.356 e. The van der Waals surface area contributed by atoms with Gasteiger partial charge in [-0.15, -0.1) is 0 Å². The van der Waals surface area contributed by atoms with E-state index < -0.39 is 0 Å². The van der Waals surface area contributed by atoms with Crippen LogP contribution in [0.15, 0.2) is 54.6 Å². The second kappa shape index (κ2) is 7.90. The summed E-state index contributed by atoms with van der Waals surface area (Å²) in [5.41, 5.74) is 1.84. The molecule has 2 aromatic rings. The molecule has 0 heterocycles. The Balaban J connectivity index is 2.05. The third-order valence-corrected chi connectivity index (χ3v) is 3.52. The van der Waals surface area contributed by atoms with Crippen molar-refractivity contribution in [2.75, 3.05) is 5.32 Å². The molecule has 0 saturated carbocycles. The average molecular weight is 316 g/mol. The van der Waals surface area contributed by atoms with Gasteiger partial charge < -0.3 is 10.6 Å². The first-order chi connectivity index (χ1) is 10.5. The summed E-state index contributed by atoms with van der Waals surface area (Å²) in [7, 11) is 0. The maximum atomic E-state index is 13.2. The monoisotopic (exact) mass is 316 g/mol. The van der Waals surface area contributed by atoms with E-state index in [0.717, 1.165) is 6.42 Å². The smallest absolute Gasteiger partial charge is 0.171 e. The first kappa shape index (κ1) is 16.4. The Morgan fingerprint density at radius 1 is 1.09 bits per heavy atom. The molecular formula is C18H21FN2S. The lowest BCUT2D eigenvalue weighted by atomic mass is 9.97. The highest BCUT2D eigenvalue weighted by Crippen LogP contribution is 2.21. The number of hydrogen-bond acceptors (Lipinski definition) is 1. The lowest BCUT2D eigenvalue weighted by molar-refractivity contribution is 0.481. The molecule has 0 radical (unpaired) electrons. The highest BCUT2D eigenvalue weighted by atomic mass is 32.1. The predicted octanol–water partition coefficient (Wildman–Crippen LogP) is 4.90. The molecule has 2 N–H and O–H groups in total. The van der Waals surface area contributed by atoms with Crippen molar-refractivity contribution in [3.8, 4) is 0 Å². The molecule has 2 aromatic carbocycles. The van der Waals surface area contributed by atoms with E-state index in [1.165, 1.54) is 17.7 Å². The zero-order chi connectivity index (χ0) is 15.9. The van der Waals surface area contributed by atoms with Crippen molar-refractivity contribution in [2.45, 2.75) is 26.3 Å². The van der Waals surface area contributed by atoms with E-state index >= 15 is 0 Å². The Morgan fingerprint density at radius 2 is 1.82 bits per heavy atom. The van der Waals surface area contributed by atoms with Crippen LogP contribution in [0.3, 0.4) is 0 Å². The van der Waals surface area contributed by atoms with Crippen LogP contribution in [0.25, 0.3) is 0 Å². The second-order valence-electron chi connectivity index (χ2n) is 5.70. The highest BCUT2D eigenvalue weighted by molar-refractivity contribution is 7.80. The van der Waals surface area contributed by atoms with Gasteiger partial charge in [0.2, 0.25) is 0 Å². The molecule has 2 nitrogen and oxygen atoms in total. The molecule has 0 aliphatic rings. The third-order valence-electron chi connectivity index (χ3n) is 3.30. The topological polar surface area (TPSA) is 24.1 Å². The van der Waals surface area contributed by atoms with Crippen molar-refractivity contribution < 1.29 is 4.39 Å². The molecule has 116 valence electrons. The van der Waals surface area contributed by atoms with E-state index in [9.17, 15) is 4.39 Å². The number of rotatable bonds is 5. The molecule has 1 atom stereocenters. The van der Waals surface area contributed by atoms with E-state index in [2.05, 4.69) is 36.6 Å². The first-order valence-electron chi connectivity index (χ1n) is 7.42.